The zero-order valence-electron chi connectivity index (χ0n) is 9.93. The van der Waals surface area contributed by atoms with E-state index in [1.54, 1.807) is 12.1 Å². The van der Waals surface area contributed by atoms with Gasteiger partial charge in [0.25, 0.3) is 0 Å². The number of anilines is 1. The Bertz CT molecular complexity index is 392. The van der Waals surface area contributed by atoms with E-state index in [0.717, 1.165) is 11.3 Å². The second-order valence-corrected chi connectivity index (χ2v) is 3.82. The number of carboxylic acids is 1. The van der Waals surface area contributed by atoms with Gasteiger partial charge in [0.2, 0.25) is 0 Å². The fourth-order valence-corrected chi connectivity index (χ4v) is 1.47. The van der Waals surface area contributed by atoms with E-state index in [4.69, 9.17) is 9.84 Å². The van der Waals surface area contributed by atoms with Crippen molar-refractivity contribution in [3.05, 3.63) is 29.3 Å². The number of benzene rings is 1. The van der Waals surface area contributed by atoms with Gasteiger partial charge in [0, 0.05) is 19.3 Å². The Balaban J connectivity index is 2.63. The normalized spacial score (nSPS) is 12.2. The lowest BCUT2D eigenvalue weighted by atomic mass is 10.1. The number of aliphatic hydroxyl groups is 1. The van der Waals surface area contributed by atoms with Crippen LogP contribution < -0.4 is 5.32 Å². The zero-order chi connectivity index (χ0) is 12.8. The van der Waals surface area contributed by atoms with Crippen LogP contribution in [0.4, 0.5) is 5.69 Å². The minimum atomic E-state index is -0.945. The third kappa shape index (κ3) is 4.05. The fraction of sp³-hybridized carbons (Fsp3) is 0.417. The number of hydrogen-bond donors (Lipinski definition) is 3. The van der Waals surface area contributed by atoms with Gasteiger partial charge in [0.1, 0.15) is 0 Å². The second kappa shape index (κ2) is 6.22. The number of carboxylic acid groups (broad SMARTS) is 1. The first-order valence-electron chi connectivity index (χ1n) is 5.29. The summed E-state index contributed by atoms with van der Waals surface area (Å²) >= 11 is 0. The van der Waals surface area contributed by atoms with Crippen LogP contribution in [0, 0.1) is 6.92 Å². The number of aliphatic hydroxyl groups excluding tert-OH is 1. The van der Waals surface area contributed by atoms with Crippen LogP contribution in [0.5, 0.6) is 0 Å². The number of carbonyl (C=O) groups is 1. The Morgan fingerprint density at radius 2 is 2.24 bits per heavy atom. The predicted octanol–water partition coefficient (Wildman–Crippen LogP) is 1.11. The van der Waals surface area contributed by atoms with Gasteiger partial charge < -0.3 is 20.3 Å². The number of hydrogen-bond acceptors (Lipinski definition) is 4. The topological polar surface area (TPSA) is 78.8 Å². The summed E-state index contributed by atoms with van der Waals surface area (Å²) in [7, 11) is 1.52. The molecule has 0 saturated carbocycles. The number of rotatable bonds is 6. The Labute approximate surface area is 100 Å². The molecule has 0 amide bonds. The number of methoxy groups -OCH3 is 1. The molecule has 1 unspecified atom stereocenters. The Morgan fingerprint density at radius 3 is 2.76 bits per heavy atom. The monoisotopic (exact) mass is 239 g/mol. The maximum atomic E-state index is 10.7. The molecule has 0 bridgehead atoms. The maximum Gasteiger partial charge on any atom is 0.335 e. The van der Waals surface area contributed by atoms with Crippen LogP contribution in [0.1, 0.15) is 15.9 Å². The minimum absolute atomic E-state index is 0.255. The molecule has 0 spiro atoms. The summed E-state index contributed by atoms with van der Waals surface area (Å²) in [4.78, 5) is 10.7. The highest BCUT2D eigenvalue weighted by atomic mass is 16.5. The molecule has 1 atom stereocenters. The van der Waals surface area contributed by atoms with Gasteiger partial charge in [0.15, 0.2) is 0 Å². The average molecular weight is 239 g/mol. The van der Waals surface area contributed by atoms with Crippen molar-refractivity contribution in [2.45, 2.75) is 13.0 Å². The molecular formula is C12H17NO4. The van der Waals surface area contributed by atoms with Crippen molar-refractivity contribution in [3.63, 3.8) is 0 Å². The summed E-state index contributed by atoms with van der Waals surface area (Å²) in [6.07, 6.45) is -0.585. The third-order valence-corrected chi connectivity index (χ3v) is 2.36. The van der Waals surface area contributed by atoms with Crippen molar-refractivity contribution >= 4 is 11.7 Å². The maximum absolute atomic E-state index is 10.7. The van der Waals surface area contributed by atoms with Gasteiger partial charge in [0.05, 0.1) is 18.3 Å². The molecule has 0 aromatic heterocycles. The summed E-state index contributed by atoms with van der Waals surface area (Å²) in [5, 5.41) is 21.3. The van der Waals surface area contributed by atoms with Crippen molar-refractivity contribution in [2.24, 2.45) is 0 Å². The van der Waals surface area contributed by atoms with Crippen LogP contribution in [-0.2, 0) is 4.74 Å². The van der Waals surface area contributed by atoms with E-state index < -0.39 is 12.1 Å². The van der Waals surface area contributed by atoms with Crippen molar-refractivity contribution in [3.8, 4) is 0 Å². The van der Waals surface area contributed by atoms with Gasteiger partial charge in [-0.25, -0.2) is 4.79 Å². The van der Waals surface area contributed by atoms with Crippen LogP contribution in [0.25, 0.3) is 0 Å². The highest BCUT2D eigenvalue weighted by Gasteiger charge is 2.07. The molecule has 3 N–H and O–H groups in total. The van der Waals surface area contributed by atoms with Gasteiger partial charge in [-0.1, -0.05) is 0 Å². The molecule has 1 rings (SSSR count). The highest BCUT2D eigenvalue weighted by molar-refractivity contribution is 5.88. The molecule has 1 aromatic carbocycles. The summed E-state index contributed by atoms with van der Waals surface area (Å²) < 4.78 is 4.81. The Kier molecular flexibility index (Phi) is 4.93. The third-order valence-electron chi connectivity index (χ3n) is 2.36. The number of aromatic carboxylic acids is 1. The van der Waals surface area contributed by atoms with Gasteiger partial charge in [-0.3, -0.25) is 0 Å². The Morgan fingerprint density at radius 1 is 1.53 bits per heavy atom. The summed E-state index contributed by atoms with van der Waals surface area (Å²) in [6.45, 7) is 2.44. The first kappa shape index (κ1) is 13.5. The number of ether oxygens (including phenoxy) is 1. The van der Waals surface area contributed by atoms with Crippen LogP contribution in [0.3, 0.4) is 0 Å². The van der Waals surface area contributed by atoms with Crippen LogP contribution in [-0.4, -0.2) is 42.5 Å². The number of nitrogens with one attached hydrogen (secondary N) is 1. The van der Waals surface area contributed by atoms with Crippen LogP contribution in [0.15, 0.2) is 18.2 Å². The van der Waals surface area contributed by atoms with Gasteiger partial charge in [-0.2, -0.15) is 0 Å². The van der Waals surface area contributed by atoms with Gasteiger partial charge >= 0.3 is 5.97 Å². The van der Waals surface area contributed by atoms with Crippen molar-refractivity contribution in [2.75, 3.05) is 25.6 Å². The van der Waals surface area contributed by atoms with Gasteiger partial charge in [-0.05, 0) is 30.7 Å². The van der Waals surface area contributed by atoms with Crippen molar-refractivity contribution in [1.29, 1.82) is 0 Å². The standard InChI is InChI=1S/C12H17NO4/c1-8-5-9(12(15)16)3-4-11(8)13-6-10(14)7-17-2/h3-5,10,13-14H,6-7H2,1-2H3,(H,15,16). The average Bonchev–Trinajstić information content (AvgIpc) is 2.27. The summed E-state index contributed by atoms with van der Waals surface area (Å²) in [5.74, 6) is -0.945. The second-order valence-electron chi connectivity index (χ2n) is 3.82. The van der Waals surface area contributed by atoms with E-state index in [0.29, 0.717) is 6.54 Å². The van der Waals surface area contributed by atoms with Crippen molar-refractivity contribution < 1.29 is 19.7 Å². The van der Waals surface area contributed by atoms with E-state index in [2.05, 4.69) is 5.32 Å². The molecule has 0 radical (unpaired) electrons. The summed E-state index contributed by atoms with van der Waals surface area (Å²) in [5.41, 5.74) is 1.89. The molecular weight excluding hydrogens is 222 g/mol. The lowest BCUT2D eigenvalue weighted by Gasteiger charge is -2.13. The van der Waals surface area contributed by atoms with Crippen LogP contribution in [0.2, 0.25) is 0 Å². The SMILES string of the molecule is COCC(O)CNc1ccc(C(=O)O)cc1C. The zero-order valence-corrected chi connectivity index (χ0v) is 9.93. The molecule has 1 aromatic rings. The van der Waals surface area contributed by atoms with E-state index in [1.807, 2.05) is 6.92 Å². The summed E-state index contributed by atoms with van der Waals surface area (Å²) in [6, 6.07) is 4.81. The predicted molar refractivity (Wildman–Crippen MR) is 64.5 cm³/mol. The molecule has 94 valence electrons. The van der Waals surface area contributed by atoms with E-state index in [1.165, 1.54) is 13.2 Å². The van der Waals surface area contributed by atoms with Crippen LogP contribution >= 0.6 is 0 Å². The molecule has 0 aliphatic rings. The highest BCUT2D eigenvalue weighted by Crippen LogP contribution is 2.16. The molecule has 5 heteroatoms. The molecule has 0 fully saturated rings. The molecule has 17 heavy (non-hydrogen) atoms. The number of aryl methyl sites for hydroxylation is 1. The first-order valence-corrected chi connectivity index (χ1v) is 5.29. The Hall–Kier alpha value is -1.59. The lowest BCUT2D eigenvalue weighted by Crippen LogP contribution is -2.24. The van der Waals surface area contributed by atoms with E-state index in [-0.39, 0.29) is 12.2 Å². The molecule has 0 aliphatic carbocycles. The quantitative estimate of drug-likeness (QED) is 0.693. The molecule has 0 heterocycles. The largest absolute Gasteiger partial charge is 0.478 e. The lowest BCUT2D eigenvalue weighted by molar-refractivity contribution is 0.0696. The van der Waals surface area contributed by atoms with E-state index in [9.17, 15) is 9.90 Å². The fourth-order valence-electron chi connectivity index (χ4n) is 1.47. The molecule has 0 saturated heterocycles. The molecule has 0 aliphatic heterocycles. The van der Waals surface area contributed by atoms with Crippen molar-refractivity contribution in [1.82, 2.24) is 0 Å². The van der Waals surface area contributed by atoms with E-state index >= 15 is 0 Å². The molecule has 5 nitrogen and oxygen atoms in total. The smallest absolute Gasteiger partial charge is 0.335 e. The van der Waals surface area contributed by atoms with Gasteiger partial charge in [-0.15, -0.1) is 0 Å². The minimum Gasteiger partial charge on any atom is -0.478 e. The first-order chi connectivity index (χ1) is 8.04.